The number of alkyl halides is 17. The van der Waals surface area contributed by atoms with Crippen LogP contribution in [0.25, 0.3) is 11.0 Å². The summed E-state index contributed by atoms with van der Waals surface area (Å²) in [7, 11) is 0. The van der Waals surface area contributed by atoms with Gasteiger partial charge in [-0.3, -0.25) is 4.79 Å². The third-order valence-electron chi connectivity index (χ3n) is 5.75. The zero-order valence-corrected chi connectivity index (χ0v) is 20.2. The van der Waals surface area contributed by atoms with Crippen LogP contribution in [0.2, 0.25) is 0 Å². The van der Waals surface area contributed by atoms with Gasteiger partial charge in [-0.1, -0.05) is 0 Å². The normalized spacial score (nSPS) is 14.7. The Morgan fingerprint density at radius 2 is 1.16 bits per heavy atom. The Hall–Kier alpha value is -3.49. The molecular formula is C21H13F17N2O3. The van der Waals surface area contributed by atoms with E-state index in [1.165, 1.54) is 17.4 Å². The standard InChI is InChI=1S/C21H13F17N2O3/c22-14(23,3-4-40-12(41)5-8-6-13(42)43-11-7-9(39)1-2-10(8)11)15(24,25)16(26,27)17(28,29)18(30,31)19(32,33)20(34,35)21(36,37)38/h1-2,6-7H,3-5,39H2,(H,40,41). The van der Waals surface area contributed by atoms with Gasteiger partial charge >= 0.3 is 53.3 Å². The second kappa shape index (κ2) is 10.6. The number of amides is 1. The monoisotopic (exact) mass is 664 g/mol. The summed E-state index contributed by atoms with van der Waals surface area (Å²) in [6.45, 7) is -1.85. The van der Waals surface area contributed by atoms with Crippen molar-refractivity contribution in [3.8, 4) is 0 Å². The van der Waals surface area contributed by atoms with Crippen LogP contribution in [0.15, 0.2) is 33.5 Å². The predicted octanol–water partition coefficient (Wildman–Crippen LogP) is 6.43. The molecule has 244 valence electrons. The van der Waals surface area contributed by atoms with Crippen molar-refractivity contribution in [1.82, 2.24) is 5.32 Å². The first kappa shape index (κ1) is 35.7. The summed E-state index contributed by atoms with van der Waals surface area (Å²) in [4.78, 5) is 23.6. The number of anilines is 1. The minimum absolute atomic E-state index is 0.0246. The van der Waals surface area contributed by atoms with Crippen LogP contribution < -0.4 is 16.7 Å². The molecule has 5 nitrogen and oxygen atoms in total. The number of halogens is 17. The summed E-state index contributed by atoms with van der Waals surface area (Å²) in [5.41, 5.74) is 4.07. The first-order valence-corrected chi connectivity index (χ1v) is 10.8. The second-order valence-electron chi connectivity index (χ2n) is 8.77. The van der Waals surface area contributed by atoms with Crippen molar-refractivity contribution in [3.05, 3.63) is 40.2 Å². The lowest BCUT2D eigenvalue weighted by Crippen LogP contribution is -2.74. The van der Waals surface area contributed by atoms with Gasteiger partial charge in [-0.2, -0.15) is 74.6 Å². The molecule has 1 aromatic carbocycles. The number of nitrogen functional groups attached to an aromatic ring is 1. The van der Waals surface area contributed by atoms with Crippen LogP contribution in [-0.4, -0.2) is 60.1 Å². The van der Waals surface area contributed by atoms with E-state index in [4.69, 9.17) is 10.2 Å². The Morgan fingerprint density at radius 1 is 0.698 bits per heavy atom. The number of fused-ring (bicyclic) bond motifs is 1. The number of benzene rings is 1. The number of hydrogen-bond donors (Lipinski definition) is 2. The number of nitrogens with one attached hydrogen (secondary N) is 1. The summed E-state index contributed by atoms with van der Waals surface area (Å²) in [5, 5.41) is 1.43. The van der Waals surface area contributed by atoms with Crippen molar-refractivity contribution in [3.63, 3.8) is 0 Å². The smallest absolute Gasteiger partial charge is 0.423 e. The van der Waals surface area contributed by atoms with Crippen LogP contribution in [0.1, 0.15) is 12.0 Å². The summed E-state index contributed by atoms with van der Waals surface area (Å²) in [6.07, 6.45) is -11.6. The lowest BCUT2D eigenvalue weighted by atomic mass is 9.88. The Morgan fingerprint density at radius 3 is 1.65 bits per heavy atom. The van der Waals surface area contributed by atoms with E-state index in [0.29, 0.717) is 6.07 Å². The minimum Gasteiger partial charge on any atom is -0.423 e. The first-order valence-electron chi connectivity index (χ1n) is 10.8. The van der Waals surface area contributed by atoms with Crippen molar-refractivity contribution < 1.29 is 83.8 Å². The first-order chi connectivity index (χ1) is 19.0. The average molecular weight is 664 g/mol. The van der Waals surface area contributed by atoms with Crippen molar-refractivity contribution in [2.24, 2.45) is 0 Å². The van der Waals surface area contributed by atoms with Crippen LogP contribution in [0, 0.1) is 0 Å². The molecule has 0 spiro atoms. The van der Waals surface area contributed by atoms with Gasteiger partial charge in [-0.25, -0.2) is 4.79 Å². The van der Waals surface area contributed by atoms with Gasteiger partial charge in [0.1, 0.15) is 5.58 Å². The van der Waals surface area contributed by atoms with E-state index in [9.17, 15) is 84.2 Å². The fourth-order valence-electron chi connectivity index (χ4n) is 3.34. The van der Waals surface area contributed by atoms with E-state index in [2.05, 4.69) is 0 Å². The maximum Gasteiger partial charge on any atom is 0.460 e. The maximum absolute atomic E-state index is 14.0. The van der Waals surface area contributed by atoms with E-state index in [1.54, 1.807) is 0 Å². The highest BCUT2D eigenvalue weighted by atomic mass is 19.4. The third-order valence-corrected chi connectivity index (χ3v) is 5.75. The van der Waals surface area contributed by atoms with Crippen LogP contribution >= 0.6 is 0 Å². The lowest BCUT2D eigenvalue weighted by Gasteiger charge is -2.42. The molecule has 0 atom stereocenters. The molecule has 0 aliphatic carbocycles. The minimum atomic E-state index is -8.72. The fourth-order valence-corrected chi connectivity index (χ4v) is 3.34. The van der Waals surface area contributed by atoms with Crippen molar-refractivity contribution in [1.29, 1.82) is 0 Å². The second-order valence-corrected chi connectivity index (χ2v) is 8.77. The van der Waals surface area contributed by atoms with E-state index >= 15 is 0 Å². The maximum atomic E-state index is 14.0. The Bertz CT molecular complexity index is 1420. The highest BCUT2D eigenvalue weighted by molar-refractivity contribution is 5.88. The van der Waals surface area contributed by atoms with E-state index in [-0.39, 0.29) is 22.2 Å². The van der Waals surface area contributed by atoms with Gasteiger partial charge in [0, 0.05) is 36.2 Å². The van der Waals surface area contributed by atoms with Gasteiger partial charge in [-0.05, 0) is 17.7 Å². The molecular weight excluding hydrogens is 651 g/mol. The van der Waals surface area contributed by atoms with Gasteiger partial charge < -0.3 is 15.5 Å². The van der Waals surface area contributed by atoms with Gasteiger partial charge in [0.2, 0.25) is 5.91 Å². The molecule has 3 N–H and O–H groups in total. The fraction of sp³-hybridized carbons (Fsp3) is 0.524. The SMILES string of the molecule is Nc1ccc2c(CC(=O)NCCC(F)(F)C(F)(F)C(F)(F)C(F)(F)C(F)(F)C(F)(F)C(F)(F)C(F)(F)F)cc(=O)oc2c1. The molecule has 43 heavy (non-hydrogen) atoms. The predicted molar refractivity (Wildman–Crippen MR) is 109 cm³/mol. The largest absolute Gasteiger partial charge is 0.460 e. The summed E-state index contributed by atoms with van der Waals surface area (Å²) in [5.74, 6) is -58.5. The van der Waals surface area contributed by atoms with Crippen LogP contribution in [0.5, 0.6) is 0 Å². The zero-order valence-electron chi connectivity index (χ0n) is 20.2. The Balaban J connectivity index is 2.29. The quantitative estimate of drug-likeness (QED) is 0.165. The van der Waals surface area contributed by atoms with Crippen LogP contribution in [0.4, 0.5) is 80.3 Å². The van der Waals surface area contributed by atoms with Crippen molar-refractivity contribution in [2.75, 3.05) is 12.3 Å². The van der Waals surface area contributed by atoms with Crippen molar-refractivity contribution >= 4 is 22.6 Å². The van der Waals surface area contributed by atoms with Crippen molar-refractivity contribution in [2.45, 2.75) is 60.5 Å². The topological polar surface area (TPSA) is 85.3 Å². The van der Waals surface area contributed by atoms with Gasteiger partial charge in [0.25, 0.3) is 0 Å². The Kier molecular flexibility index (Phi) is 8.80. The highest BCUT2D eigenvalue weighted by Gasteiger charge is 2.95. The molecule has 1 aromatic heterocycles. The summed E-state index contributed by atoms with van der Waals surface area (Å²) >= 11 is 0. The molecule has 0 fully saturated rings. The Labute approximate surface area is 225 Å². The van der Waals surface area contributed by atoms with Gasteiger partial charge in [0.15, 0.2) is 0 Å². The number of hydrogen-bond acceptors (Lipinski definition) is 4. The van der Waals surface area contributed by atoms with E-state index < -0.39 is 78.6 Å². The molecule has 1 amide bonds. The molecule has 0 saturated heterocycles. The van der Waals surface area contributed by atoms with Gasteiger partial charge in [-0.15, -0.1) is 0 Å². The summed E-state index contributed by atoms with van der Waals surface area (Å²) in [6, 6.07) is 4.26. The average Bonchev–Trinajstić information content (AvgIpc) is 2.81. The molecule has 0 saturated carbocycles. The highest BCUT2D eigenvalue weighted by Crippen LogP contribution is 2.64. The number of carbonyl (C=O) groups is 1. The molecule has 0 radical (unpaired) electrons. The van der Waals surface area contributed by atoms with E-state index in [1.807, 2.05) is 0 Å². The van der Waals surface area contributed by atoms with E-state index in [0.717, 1.165) is 6.07 Å². The molecule has 0 unspecified atom stereocenters. The third kappa shape index (κ3) is 5.63. The number of rotatable bonds is 11. The lowest BCUT2D eigenvalue weighted by molar-refractivity contribution is -0.461. The molecule has 0 aliphatic heterocycles. The molecule has 2 rings (SSSR count). The molecule has 22 heteroatoms. The molecule has 0 bridgehead atoms. The van der Waals surface area contributed by atoms with Crippen LogP contribution in [-0.2, 0) is 11.2 Å². The number of nitrogens with two attached hydrogens (primary N) is 1. The zero-order chi connectivity index (χ0) is 33.8. The molecule has 0 aliphatic rings. The molecule has 1 heterocycles. The van der Waals surface area contributed by atoms with Gasteiger partial charge in [0.05, 0.1) is 6.42 Å². The summed E-state index contributed by atoms with van der Waals surface area (Å²) < 4.78 is 231. The molecule has 2 aromatic rings. The van der Waals surface area contributed by atoms with Crippen LogP contribution in [0.3, 0.4) is 0 Å². The number of carbonyl (C=O) groups excluding carboxylic acids is 1.